The second-order valence-electron chi connectivity index (χ2n) is 4.05. The van der Waals surface area contributed by atoms with Crippen molar-refractivity contribution in [3.63, 3.8) is 0 Å². The van der Waals surface area contributed by atoms with Gasteiger partial charge in [0.25, 0.3) is 0 Å². The molecule has 4 N–H and O–H groups in total. The molecule has 2 rings (SSSR count). The number of aliphatic hydroxyl groups excluding tert-OH is 3. The summed E-state index contributed by atoms with van der Waals surface area (Å²) in [7, 11) is 0. The molecule has 1 saturated carbocycles. The number of epoxide rings is 1. The average Bonchev–Trinajstić information content (AvgIpc) is 2.73. The van der Waals surface area contributed by atoms with Gasteiger partial charge in [0, 0.05) is 5.92 Å². The molecule has 0 aromatic heterocycles. The summed E-state index contributed by atoms with van der Waals surface area (Å²) in [6.07, 6.45) is -1.57. The van der Waals surface area contributed by atoms with Crippen molar-refractivity contribution in [2.45, 2.75) is 30.3 Å². The molecular formula is C8H14O5. The predicted molar refractivity (Wildman–Crippen MR) is 41.9 cm³/mol. The summed E-state index contributed by atoms with van der Waals surface area (Å²) in [6.45, 7) is 0.853. The minimum atomic E-state index is -1.62. The third-order valence-electron chi connectivity index (χ3n) is 3.42. The van der Waals surface area contributed by atoms with Gasteiger partial charge in [0.1, 0.15) is 23.4 Å². The van der Waals surface area contributed by atoms with Gasteiger partial charge in [-0.3, -0.25) is 0 Å². The molecule has 2 fully saturated rings. The molecule has 5 atom stereocenters. The Kier molecular flexibility index (Phi) is 1.75. The maximum absolute atomic E-state index is 9.85. The summed E-state index contributed by atoms with van der Waals surface area (Å²) in [5.74, 6) is -0.620. The zero-order valence-corrected chi connectivity index (χ0v) is 7.34. The lowest BCUT2D eigenvalue weighted by molar-refractivity contribution is -0.158. The highest BCUT2D eigenvalue weighted by molar-refractivity contribution is 5.23. The van der Waals surface area contributed by atoms with E-state index >= 15 is 0 Å². The summed E-state index contributed by atoms with van der Waals surface area (Å²) >= 11 is 0. The van der Waals surface area contributed by atoms with E-state index in [1.54, 1.807) is 6.92 Å². The Morgan fingerprint density at radius 2 is 2.00 bits per heavy atom. The first-order valence-electron chi connectivity index (χ1n) is 4.30. The maximum atomic E-state index is 9.85. The lowest BCUT2D eigenvalue weighted by atomic mass is 9.85. The lowest BCUT2D eigenvalue weighted by Gasteiger charge is -2.33. The molecule has 0 radical (unpaired) electrons. The van der Waals surface area contributed by atoms with Crippen LogP contribution in [0, 0.1) is 5.92 Å². The number of hydrogen-bond donors (Lipinski definition) is 4. The zero-order chi connectivity index (χ0) is 9.85. The molecule has 0 spiro atoms. The molecule has 5 heteroatoms. The molecule has 1 heterocycles. The van der Waals surface area contributed by atoms with Crippen LogP contribution in [-0.2, 0) is 4.74 Å². The fourth-order valence-corrected chi connectivity index (χ4v) is 2.41. The molecule has 1 aliphatic heterocycles. The molecule has 1 aliphatic carbocycles. The third kappa shape index (κ3) is 0.884. The molecule has 0 bridgehead atoms. The van der Waals surface area contributed by atoms with Gasteiger partial charge < -0.3 is 25.2 Å². The predicted octanol–water partition coefficient (Wildman–Crippen LogP) is -2.15. The Morgan fingerprint density at radius 1 is 1.38 bits per heavy atom. The van der Waals surface area contributed by atoms with E-state index in [0.717, 1.165) is 0 Å². The van der Waals surface area contributed by atoms with Crippen molar-refractivity contribution in [3.05, 3.63) is 0 Å². The van der Waals surface area contributed by atoms with Crippen LogP contribution in [0.3, 0.4) is 0 Å². The molecular weight excluding hydrogens is 176 g/mol. The van der Waals surface area contributed by atoms with Crippen LogP contribution in [0.5, 0.6) is 0 Å². The van der Waals surface area contributed by atoms with Crippen molar-refractivity contribution < 1.29 is 25.2 Å². The quantitative estimate of drug-likeness (QED) is 0.372. The minimum Gasteiger partial charge on any atom is -0.396 e. The number of hydrogen-bond acceptors (Lipinski definition) is 5. The Bertz CT molecular complexity index is 233. The molecule has 13 heavy (non-hydrogen) atoms. The lowest BCUT2D eigenvalue weighted by Crippen LogP contribution is -2.52. The van der Waals surface area contributed by atoms with Gasteiger partial charge in [-0.1, -0.05) is 0 Å². The third-order valence-corrected chi connectivity index (χ3v) is 3.42. The first-order chi connectivity index (χ1) is 6.00. The Hall–Kier alpha value is -0.200. The van der Waals surface area contributed by atoms with Gasteiger partial charge in [-0.2, -0.15) is 0 Å². The first-order valence-corrected chi connectivity index (χ1v) is 4.30. The van der Waals surface area contributed by atoms with Gasteiger partial charge in [0.15, 0.2) is 0 Å². The van der Waals surface area contributed by atoms with Crippen LogP contribution in [0.1, 0.15) is 6.92 Å². The number of rotatable bonds is 2. The van der Waals surface area contributed by atoms with Gasteiger partial charge in [-0.05, 0) is 6.92 Å². The molecule has 0 aromatic rings. The topological polar surface area (TPSA) is 93.5 Å². The molecule has 2 aliphatic rings. The Balaban J connectivity index is 2.30. The van der Waals surface area contributed by atoms with Crippen molar-refractivity contribution >= 4 is 0 Å². The van der Waals surface area contributed by atoms with Crippen LogP contribution in [0.4, 0.5) is 0 Å². The maximum Gasteiger partial charge on any atom is 0.124 e. The van der Waals surface area contributed by atoms with E-state index in [-0.39, 0.29) is 6.61 Å². The first kappa shape index (κ1) is 9.36. The fourth-order valence-electron chi connectivity index (χ4n) is 2.41. The number of ether oxygens (including phenoxy) is 1. The highest BCUT2D eigenvalue weighted by atomic mass is 16.6. The summed E-state index contributed by atoms with van der Waals surface area (Å²) in [5, 5.41) is 37.5. The van der Waals surface area contributed by atoms with Gasteiger partial charge >= 0.3 is 0 Å². The SMILES string of the molecule is C[C@]12O[C@H]1[C@@H](O)[C@](O)(CO)[C@@H]2CO. The Labute approximate surface area is 75.6 Å². The van der Waals surface area contributed by atoms with Gasteiger partial charge in [0.05, 0.1) is 13.2 Å². The molecule has 5 nitrogen and oxygen atoms in total. The number of aliphatic hydroxyl groups is 4. The average molecular weight is 190 g/mol. The smallest absolute Gasteiger partial charge is 0.124 e. The summed E-state index contributed by atoms with van der Waals surface area (Å²) in [6, 6.07) is 0. The molecule has 0 aromatic carbocycles. The summed E-state index contributed by atoms with van der Waals surface area (Å²) < 4.78 is 5.17. The second kappa shape index (κ2) is 2.43. The van der Waals surface area contributed by atoms with Crippen LogP contribution < -0.4 is 0 Å². The van der Waals surface area contributed by atoms with Gasteiger partial charge in [-0.15, -0.1) is 0 Å². The molecule has 1 saturated heterocycles. The largest absolute Gasteiger partial charge is 0.396 e. The van der Waals surface area contributed by atoms with Crippen LogP contribution in [0.25, 0.3) is 0 Å². The molecule has 0 unspecified atom stereocenters. The van der Waals surface area contributed by atoms with Gasteiger partial charge in [-0.25, -0.2) is 0 Å². The molecule has 0 amide bonds. The van der Waals surface area contributed by atoms with Crippen molar-refractivity contribution in [2.24, 2.45) is 5.92 Å². The normalized spacial score (nSPS) is 59.3. The van der Waals surface area contributed by atoms with E-state index in [4.69, 9.17) is 14.9 Å². The van der Waals surface area contributed by atoms with Crippen LogP contribution >= 0.6 is 0 Å². The fraction of sp³-hybridized carbons (Fsp3) is 1.00. The highest BCUT2D eigenvalue weighted by Crippen LogP contribution is 2.57. The molecule has 76 valence electrons. The van der Waals surface area contributed by atoms with Crippen molar-refractivity contribution in [1.29, 1.82) is 0 Å². The van der Waals surface area contributed by atoms with E-state index in [2.05, 4.69) is 0 Å². The number of fused-ring (bicyclic) bond motifs is 1. The van der Waals surface area contributed by atoms with Crippen molar-refractivity contribution in [3.8, 4) is 0 Å². The van der Waals surface area contributed by atoms with E-state index in [0.29, 0.717) is 0 Å². The zero-order valence-electron chi connectivity index (χ0n) is 7.34. The van der Waals surface area contributed by atoms with E-state index < -0.39 is 35.9 Å². The Morgan fingerprint density at radius 3 is 2.38 bits per heavy atom. The van der Waals surface area contributed by atoms with Crippen LogP contribution in [0.2, 0.25) is 0 Å². The summed E-state index contributed by atoms with van der Waals surface area (Å²) in [4.78, 5) is 0. The van der Waals surface area contributed by atoms with E-state index in [1.165, 1.54) is 0 Å². The summed E-state index contributed by atoms with van der Waals surface area (Å²) in [5.41, 5.74) is -2.29. The monoisotopic (exact) mass is 190 g/mol. The highest BCUT2D eigenvalue weighted by Gasteiger charge is 2.76. The van der Waals surface area contributed by atoms with E-state index in [1.807, 2.05) is 0 Å². The second-order valence-corrected chi connectivity index (χ2v) is 4.05. The van der Waals surface area contributed by atoms with E-state index in [9.17, 15) is 10.2 Å². The van der Waals surface area contributed by atoms with Crippen molar-refractivity contribution in [1.82, 2.24) is 0 Å². The standard InChI is InChI=1S/C8H14O5/c1-7-4(2-9)8(12,3-10)5(11)6(7)13-7/h4-6,9-12H,2-3H2,1H3/t4-,5-,6+,7-,8+/m1/s1. The minimum absolute atomic E-state index is 0.304. The van der Waals surface area contributed by atoms with Crippen molar-refractivity contribution in [2.75, 3.05) is 13.2 Å². The van der Waals surface area contributed by atoms with Gasteiger partial charge in [0.2, 0.25) is 0 Å². The van der Waals surface area contributed by atoms with Crippen LogP contribution in [0.15, 0.2) is 0 Å². The van der Waals surface area contributed by atoms with Crippen LogP contribution in [-0.4, -0.2) is 57.0 Å².